The van der Waals surface area contributed by atoms with E-state index in [4.69, 9.17) is 34.0 Å². The fourth-order valence-corrected chi connectivity index (χ4v) is 3.36. The molecule has 0 bridgehead atoms. The van der Waals surface area contributed by atoms with Crippen LogP contribution in [0.3, 0.4) is 0 Å². The van der Waals surface area contributed by atoms with Gasteiger partial charge in [-0.15, -0.1) is 0 Å². The molecule has 0 radical (unpaired) electrons. The Hall–Kier alpha value is -1.17. The quantitative estimate of drug-likeness (QED) is 0.0629. The first-order chi connectivity index (χ1) is 15.9. The molecule has 0 spiro atoms. The molecule has 33 heavy (non-hydrogen) atoms. The fraction of sp³-hybridized carbons (Fsp3) is 1.00. The Balaban J connectivity index is 1.76. The second-order valence-electron chi connectivity index (χ2n) is 7.45. The van der Waals surface area contributed by atoms with Gasteiger partial charge < -0.3 is 59.1 Å². The number of ether oxygens (including phenoxy) is 6. The van der Waals surface area contributed by atoms with Crippen LogP contribution < -0.4 is 0 Å². The summed E-state index contributed by atoms with van der Waals surface area (Å²) in [5.74, 6) is 0. The summed E-state index contributed by atoms with van der Waals surface area (Å²) in [5.41, 5.74) is 8.13. The Kier molecular flexibility index (Phi) is 12.7. The largest absolute Gasteiger partial charge is 0.394 e. The molecule has 2 heterocycles. The third kappa shape index (κ3) is 8.52. The van der Waals surface area contributed by atoms with Crippen molar-refractivity contribution in [3.8, 4) is 0 Å². The smallest absolute Gasteiger partial charge is 0.186 e. The first-order valence-electron chi connectivity index (χ1n) is 10.6. The van der Waals surface area contributed by atoms with Crippen LogP contribution in [0.15, 0.2) is 5.11 Å². The SMILES string of the molecule is [N-]=[N+]=NCCOCCOCCOC1OC(CO)[C@@H](O[C@@H]2OC(CO)[C@H](O)C[C@@H]2O)[C@H](O)[C@@H]1O. The molecule has 2 fully saturated rings. The van der Waals surface area contributed by atoms with Crippen LogP contribution in [0, 0.1) is 0 Å². The Labute approximate surface area is 190 Å². The predicted molar refractivity (Wildman–Crippen MR) is 107 cm³/mol. The van der Waals surface area contributed by atoms with Crippen LogP contribution >= 0.6 is 0 Å². The van der Waals surface area contributed by atoms with E-state index in [1.54, 1.807) is 0 Å². The van der Waals surface area contributed by atoms with E-state index in [1.807, 2.05) is 0 Å². The number of hydrogen-bond donors (Lipinski definition) is 6. The molecule has 0 amide bonds. The molecule has 2 rings (SSSR count). The number of hydrogen-bond acceptors (Lipinski definition) is 13. The van der Waals surface area contributed by atoms with Crippen molar-refractivity contribution < 1.29 is 59.1 Å². The summed E-state index contributed by atoms with van der Waals surface area (Å²) in [6.45, 7) is 0.105. The molecule has 2 saturated heterocycles. The van der Waals surface area contributed by atoms with Crippen molar-refractivity contribution in [3.05, 3.63) is 10.4 Å². The van der Waals surface area contributed by atoms with Gasteiger partial charge in [0.2, 0.25) is 0 Å². The first kappa shape index (κ1) is 28.1. The number of aliphatic hydroxyl groups is 6. The van der Waals surface area contributed by atoms with E-state index in [2.05, 4.69) is 10.0 Å². The van der Waals surface area contributed by atoms with Gasteiger partial charge >= 0.3 is 0 Å². The molecule has 0 saturated carbocycles. The summed E-state index contributed by atoms with van der Waals surface area (Å²) >= 11 is 0. The molecule has 15 nitrogen and oxygen atoms in total. The second kappa shape index (κ2) is 15.0. The van der Waals surface area contributed by atoms with Gasteiger partial charge in [-0.25, -0.2) is 0 Å². The van der Waals surface area contributed by atoms with Crippen molar-refractivity contribution in [1.82, 2.24) is 0 Å². The Morgan fingerprint density at radius 2 is 1.45 bits per heavy atom. The van der Waals surface area contributed by atoms with Crippen LogP contribution in [0.1, 0.15) is 6.42 Å². The van der Waals surface area contributed by atoms with E-state index in [0.29, 0.717) is 0 Å². The van der Waals surface area contributed by atoms with E-state index >= 15 is 0 Å². The average Bonchev–Trinajstić information content (AvgIpc) is 2.80. The number of azide groups is 1. The zero-order chi connectivity index (χ0) is 24.2. The topological polar surface area (TPSA) is 226 Å². The molecular formula is C18H33N3O12. The van der Waals surface area contributed by atoms with Crippen molar-refractivity contribution in [2.24, 2.45) is 5.11 Å². The van der Waals surface area contributed by atoms with Gasteiger partial charge in [-0.3, -0.25) is 0 Å². The van der Waals surface area contributed by atoms with Crippen LogP contribution in [0.2, 0.25) is 0 Å². The highest BCUT2D eigenvalue weighted by Crippen LogP contribution is 2.29. The number of rotatable bonds is 14. The van der Waals surface area contributed by atoms with Crippen LogP contribution in [0.5, 0.6) is 0 Å². The van der Waals surface area contributed by atoms with Gasteiger partial charge in [0.1, 0.15) is 36.6 Å². The molecule has 0 aromatic heterocycles. The van der Waals surface area contributed by atoms with Crippen LogP contribution in [-0.4, -0.2) is 139 Å². The zero-order valence-electron chi connectivity index (χ0n) is 18.0. The van der Waals surface area contributed by atoms with Gasteiger partial charge in [0.25, 0.3) is 0 Å². The molecule has 6 N–H and O–H groups in total. The average molecular weight is 483 g/mol. The van der Waals surface area contributed by atoms with Crippen molar-refractivity contribution in [1.29, 1.82) is 0 Å². The summed E-state index contributed by atoms with van der Waals surface area (Å²) in [4.78, 5) is 2.60. The van der Waals surface area contributed by atoms with E-state index < -0.39 is 68.5 Å². The minimum absolute atomic E-state index is 0.0113. The molecule has 2 aliphatic heterocycles. The Morgan fingerprint density at radius 3 is 2.12 bits per heavy atom. The minimum atomic E-state index is -1.55. The molecule has 2 aliphatic rings. The van der Waals surface area contributed by atoms with Gasteiger partial charge in [-0.2, -0.15) is 0 Å². The van der Waals surface area contributed by atoms with Crippen LogP contribution in [0.4, 0.5) is 0 Å². The summed E-state index contributed by atoms with van der Waals surface area (Å²) in [5, 5.41) is 63.0. The highest BCUT2D eigenvalue weighted by atomic mass is 16.7. The predicted octanol–water partition coefficient (Wildman–Crippen LogP) is -3.00. The van der Waals surface area contributed by atoms with E-state index in [9.17, 15) is 30.6 Å². The number of aliphatic hydroxyl groups excluding tert-OH is 6. The lowest BCUT2D eigenvalue weighted by molar-refractivity contribution is -0.350. The normalized spacial score (nSPS) is 37.0. The van der Waals surface area contributed by atoms with Gasteiger partial charge in [0.15, 0.2) is 12.6 Å². The number of nitrogens with zero attached hydrogens (tertiary/aromatic N) is 3. The monoisotopic (exact) mass is 483 g/mol. The fourth-order valence-electron chi connectivity index (χ4n) is 3.36. The summed E-state index contributed by atoms with van der Waals surface area (Å²) < 4.78 is 32.2. The maximum atomic E-state index is 10.5. The summed E-state index contributed by atoms with van der Waals surface area (Å²) in [6, 6.07) is 0. The van der Waals surface area contributed by atoms with Gasteiger partial charge in [-0.1, -0.05) is 5.11 Å². The third-order valence-electron chi connectivity index (χ3n) is 5.11. The Bertz CT molecular complexity index is 596. The maximum absolute atomic E-state index is 10.5. The van der Waals surface area contributed by atoms with Gasteiger partial charge in [0.05, 0.1) is 52.4 Å². The summed E-state index contributed by atoms with van der Waals surface area (Å²) in [6.07, 6.45) is -11.6. The lowest BCUT2D eigenvalue weighted by Crippen LogP contribution is -2.62. The van der Waals surface area contributed by atoms with Gasteiger partial charge in [0, 0.05) is 17.9 Å². The van der Waals surface area contributed by atoms with Gasteiger partial charge in [-0.05, 0) is 5.53 Å². The second-order valence-corrected chi connectivity index (χ2v) is 7.45. The lowest BCUT2D eigenvalue weighted by atomic mass is 9.98. The highest BCUT2D eigenvalue weighted by molar-refractivity contribution is 4.92. The minimum Gasteiger partial charge on any atom is -0.394 e. The lowest BCUT2D eigenvalue weighted by Gasteiger charge is -2.44. The van der Waals surface area contributed by atoms with Crippen LogP contribution in [-0.2, 0) is 28.4 Å². The molecule has 192 valence electrons. The molecule has 0 aromatic carbocycles. The maximum Gasteiger partial charge on any atom is 0.186 e. The standard InChI is InChI=1S/C18H33N3O12/c19-21-20-1-2-28-3-4-29-5-6-30-18-15(27)14(26)16(13(9-23)32-18)33-17-11(25)7-10(24)12(8-22)31-17/h10-18,22-27H,1-9H2/t10-,11+,12?,13?,14-,15+,16-,17+,18?/m1/s1. The Morgan fingerprint density at radius 1 is 0.818 bits per heavy atom. The summed E-state index contributed by atoms with van der Waals surface area (Å²) in [7, 11) is 0. The molecule has 9 atom stereocenters. The zero-order valence-corrected chi connectivity index (χ0v) is 18.0. The van der Waals surface area contributed by atoms with Crippen molar-refractivity contribution >= 4 is 0 Å². The molecule has 0 aromatic rings. The molecular weight excluding hydrogens is 450 g/mol. The van der Waals surface area contributed by atoms with E-state index in [-0.39, 0.29) is 46.0 Å². The van der Waals surface area contributed by atoms with E-state index in [1.165, 1.54) is 0 Å². The van der Waals surface area contributed by atoms with Crippen molar-refractivity contribution in [2.75, 3.05) is 52.8 Å². The first-order valence-corrected chi connectivity index (χ1v) is 10.6. The van der Waals surface area contributed by atoms with Crippen LogP contribution in [0.25, 0.3) is 10.4 Å². The van der Waals surface area contributed by atoms with Crippen molar-refractivity contribution in [3.63, 3.8) is 0 Å². The van der Waals surface area contributed by atoms with Crippen molar-refractivity contribution in [2.45, 2.75) is 61.7 Å². The van der Waals surface area contributed by atoms with E-state index in [0.717, 1.165) is 0 Å². The molecule has 3 unspecified atom stereocenters. The molecule has 15 heteroatoms. The third-order valence-corrected chi connectivity index (χ3v) is 5.11. The molecule has 0 aliphatic carbocycles. The highest BCUT2D eigenvalue weighted by Gasteiger charge is 2.48.